The van der Waals surface area contributed by atoms with E-state index >= 15 is 0 Å². The van der Waals surface area contributed by atoms with Crippen molar-refractivity contribution in [3.63, 3.8) is 0 Å². The Bertz CT molecular complexity index is 1520. The number of carbonyl (C=O) groups is 4. The summed E-state index contributed by atoms with van der Waals surface area (Å²) in [4.78, 5) is 53.5. The molecule has 0 radical (unpaired) electrons. The molecule has 4 rings (SSSR count). The first-order valence-corrected chi connectivity index (χ1v) is 14.8. The fraction of sp³-hybridized carbons (Fsp3) is 0.588. The van der Waals surface area contributed by atoms with E-state index in [9.17, 15) is 39.6 Å². The lowest BCUT2D eigenvalue weighted by atomic mass is 9.44. The average Bonchev–Trinajstić information content (AvgIpc) is 2.81. The number of fused-ring (bicyclic) bond motifs is 3. The number of carbonyl (C=O) groups excluding carboxylic acids is 4. The second kappa shape index (κ2) is 10.0. The van der Waals surface area contributed by atoms with Gasteiger partial charge in [-0.1, -0.05) is 47.6 Å². The monoisotopic (exact) mass is 596 g/mol. The van der Waals surface area contributed by atoms with Crippen LogP contribution in [0.4, 0.5) is 0 Å². The lowest BCUT2D eigenvalue weighted by Crippen LogP contribution is -2.67. The highest BCUT2D eigenvalue weighted by atomic mass is 16.6. The lowest BCUT2D eigenvalue weighted by molar-refractivity contribution is -0.171. The minimum atomic E-state index is -2.68. The van der Waals surface area contributed by atoms with Crippen molar-refractivity contribution in [2.75, 3.05) is 0 Å². The van der Waals surface area contributed by atoms with Crippen LogP contribution in [0.15, 0.2) is 28.7 Å². The molecular formula is C34H44O9. The number of phenolic OH excluding ortho intramolecular Hbond substituents is 1. The van der Waals surface area contributed by atoms with E-state index in [2.05, 4.69) is 0 Å². The van der Waals surface area contributed by atoms with Crippen molar-refractivity contribution in [2.45, 2.75) is 106 Å². The number of phenols is 1. The van der Waals surface area contributed by atoms with Crippen molar-refractivity contribution in [2.24, 2.45) is 22.7 Å². The van der Waals surface area contributed by atoms with Crippen LogP contribution in [0.5, 0.6) is 5.75 Å². The number of aliphatic hydroxyl groups is 3. The number of rotatable bonds is 5. The van der Waals surface area contributed by atoms with Crippen LogP contribution in [0.1, 0.15) is 109 Å². The predicted molar refractivity (Wildman–Crippen MR) is 159 cm³/mol. The van der Waals surface area contributed by atoms with Crippen molar-refractivity contribution < 1.29 is 44.3 Å². The Hall–Kier alpha value is -3.46. The molecule has 0 aliphatic heterocycles. The molecule has 0 heterocycles. The smallest absolute Gasteiger partial charge is 0.310 e. The molecule has 4 atom stereocenters. The summed E-state index contributed by atoms with van der Waals surface area (Å²) in [6.45, 7) is 17.1. The van der Waals surface area contributed by atoms with Gasteiger partial charge in [-0.05, 0) is 63.5 Å². The summed E-state index contributed by atoms with van der Waals surface area (Å²) in [5.41, 5.74) is -5.46. The quantitative estimate of drug-likeness (QED) is 0.259. The van der Waals surface area contributed by atoms with Crippen LogP contribution in [0, 0.1) is 22.7 Å². The van der Waals surface area contributed by atoms with Gasteiger partial charge in [-0.25, -0.2) is 0 Å². The number of esters is 1. The topological polar surface area (TPSA) is 158 Å². The van der Waals surface area contributed by atoms with Gasteiger partial charge >= 0.3 is 5.97 Å². The number of hydrogen-bond acceptors (Lipinski definition) is 9. The highest BCUT2D eigenvalue weighted by Gasteiger charge is 2.71. The molecule has 0 amide bonds. The van der Waals surface area contributed by atoms with Crippen molar-refractivity contribution in [1.82, 2.24) is 0 Å². The maximum atomic E-state index is 14.4. The third-order valence-electron chi connectivity index (χ3n) is 9.50. The van der Waals surface area contributed by atoms with Gasteiger partial charge in [0.2, 0.25) is 5.78 Å². The predicted octanol–water partition coefficient (Wildman–Crippen LogP) is 5.35. The minimum absolute atomic E-state index is 0.0167. The van der Waals surface area contributed by atoms with Gasteiger partial charge < -0.3 is 25.2 Å². The van der Waals surface area contributed by atoms with Crippen LogP contribution in [0.25, 0.3) is 0 Å². The van der Waals surface area contributed by atoms with Crippen molar-refractivity contribution in [3.05, 3.63) is 51.0 Å². The molecule has 0 saturated carbocycles. The molecule has 3 aliphatic rings. The number of hydrogen-bond donors (Lipinski definition) is 4. The average molecular weight is 597 g/mol. The molecule has 1 aromatic rings. The second-order valence-electron chi connectivity index (χ2n) is 14.7. The molecule has 0 fully saturated rings. The third kappa shape index (κ3) is 4.62. The normalized spacial score (nSPS) is 29.1. The van der Waals surface area contributed by atoms with Crippen molar-refractivity contribution >= 4 is 23.3 Å². The van der Waals surface area contributed by atoms with E-state index in [0.29, 0.717) is 5.56 Å². The summed E-state index contributed by atoms with van der Waals surface area (Å²) in [5, 5.41) is 46.8. The van der Waals surface area contributed by atoms with Crippen LogP contribution >= 0.6 is 0 Å². The molecule has 1 aromatic carbocycles. The van der Waals surface area contributed by atoms with Gasteiger partial charge in [-0.3, -0.25) is 19.2 Å². The molecule has 3 aliphatic carbocycles. The molecule has 43 heavy (non-hydrogen) atoms. The largest absolute Gasteiger partial charge is 0.511 e. The number of Topliss-reactive ketones (excluding diaryl/α,β-unsaturated/α-hetero) is 3. The van der Waals surface area contributed by atoms with E-state index in [4.69, 9.17) is 4.74 Å². The zero-order valence-corrected chi connectivity index (χ0v) is 26.8. The maximum absolute atomic E-state index is 14.4. The fourth-order valence-corrected chi connectivity index (χ4v) is 8.07. The molecule has 0 aromatic heterocycles. The molecule has 9 nitrogen and oxygen atoms in total. The molecule has 234 valence electrons. The van der Waals surface area contributed by atoms with Gasteiger partial charge in [0.25, 0.3) is 0 Å². The van der Waals surface area contributed by atoms with Crippen LogP contribution in [-0.4, -0.2) is 54.9 Å². The van der Waals surface area contributed by atoms with E-state index in [1.165, 1.54) is 0 Å². The van der Waals surface area contributed by atoms with E-state index in [1.54, 1.807) is 54.5 Å². The Morgan fingerprint density at radius 2 is 1.65 bits per heavy atom. The fourth-order valence-electron chi connectivity index (χ4n) is 8.07. The lowest BCUT2D eigenvalue weighted by Gasteiger charge is -2.59. The van der Waals surface area contributed by atoms with E-state index in [1.807, 2.05) is 13.8 Å². The number of ketones is 3. The Morgan fingerprint density at radius 1 is 1.07 bits per heavy atom. The Morgan fingerprint density at radius 3 is 2.14 bits per heavy atom. The number of aromatic hydroxyl groups is 1. The Labute approximate surface area is 252 Å². The first-order chi connectivity index (χ1) is 19.5. The van der Waals surface area contributed by atoms with E-state index < -0.39 is 74.1 Å². The van der Waals surface area contributed by atoms with Gasteiger partial charge in [0, 0.05) is 27.9 Å². The summed E-state index contributed by atoms with van der Waals surface area (Å²) in [5.74, 6) is -6.34. The summed E-state index contributed by atoms with van der Waals surface area (Å²) >= 11 is 0. The molecule has 0 saturated heterocycles. The SMILES string of the molecule is CC(=O)C1=C(O)C(C(C)C)[C@@]2(C)C[C@@]3(C)Cc4c(C(C)C)cc(CC(=O)OC(C)(C)C)c(O)c4C(=O)C3=C(O)[C@@]2(O)C1=O. The van der Waals surface area contributed by atoms with Gasteiger partial charge in [-0.15, -0.1) is 0 Å². The summed E-state index contributed by atoms with van der Waals surface area (Å²) < 4.78 is 5.44. The van der Waals surface area contributed by atoms with Crippen LogP contribution in [-0.2, 0) is 32.0 Å². The van der Waals surface area contributed by atoms with Crippen LogP contribution in [0.2, 0.25) is 0 Å². The maximum Gasteiger partial charge on any atom is 0.310 e. The summed E-state index contributed by atoms with van der Waals surface area (Å²) in [6.07, 6.45) is -0.104. The van der Waals surface area contributed by atoms with Gasteiger partial charge in [-0.2, -0.15) is 0 Å². The molecule has 9 heteroatoms. The zero-order valence-electron chi connectivity index (χ0n) is 26.8. The standard InChI is InChI=1S/C34H44O9/c1-15(2)19-11-18(12-21(36)43-31(6,7)8)26(37)23-20(19)13-32(9)14-33(10)24(16(3)4)27(38)22(17(5)35)29(40)34(33,42)30(41)25(32)28(23)39/h11,15-16,24,37-38,41-42H,12-14H2,1-10H3/t24?,32-,33-,34+/m1/s1. The zero-order chi connectivity index (χ0) is 32.8. The Balaban J connectivity index is 2.01. The van der Waals surface area contributed by atoms with Gasteiger partial charge in [0.15, 0.2) is 17.2 Å². The third-order valence-corrected chi connectivity index (χ3v) is 9.50. The number of aliphatic hydroxyl groups excluding tert-OH is 2. The molecule has 4 N–H and O–H groups in total. The first kappa shape index (κ1) is 32.5. The van der Waals surface area contributed by atoms with Crippen LogP contribution < -0.4 is 0 Å². The molecule has 0 spiro atoms. The summed E-state index contributed by atoms with van der Waals surface area (Å²) in [6, 6.07) is 1.71. The van der Waals surface area contributed by atoms with Crippen LogP contribution in [0.3, 0.4) is 0 Å². The minimum Gasteiger partial charge on any atom is -0.511 e. The molecular weight excluding hydrogens is 552 g/mol. The van der Waals surface area contributed by atoms with E-state index in [0.717, 1.165) is 12.5 Å². The first-order valence-electron chi connectivity index (χ1n) is 14.8. The molecule has 1 unspecified atom stereocenters. The van der Waals surface area contributed by atoms with Crippen molar-refractivity contribution in [3.8, 4) is 5.75 Å². The molecule has 0 bridgehead atoms. The Kier molecular flexibility index (Phi) is 7.58. The van der Waals surface area contributed by atoms with Gasteiger partial charge in [0.1, 0.15) is 28.4 Å². The van der Waals surface area contributed by atoms with Crippen molar-refractivity contribution in [1.29, 1.82) is 0 Å². The summed E-state index contributed by atoms with van der Waals surface area (Å²) in [7, 11) is 0. The highest BCUT2D eigenvalue weighted by Crippen LogP contribution is 2.65. The highest BCUT2D eigenvalue weighted by molar-refractivity contribution is 6.25. The van der Waals surface area contributed by atoms with Gasteiger partial charge in [0.05, 0.1) is 12.0 Å². The second-order valence-corrected chi connectivity index (χ2v) is 14.7. The number of benzene rings is 1. The number of ether oxygens (including phenoxy) is 1. The van der Waals surface area contributed by atoms with E-state index in [-0.39, 0.29) is 47.8 Å². The number of allylic oxidation sites excluding steroid dienone is 2.